The second-order valence-electron chi connectivity index (χ2n) is 4.87. The fraction of sp³-hybridized carbons (Fsp3) is 0.385. The number of carbonyl (C=O) groups excluding carboxylic acids is 1. The van der Waals surface area contributed by atoms with Gasteiger partial charge in [0.1, 0.15) is 5.82 Å². The average Bonchev–Trinajstić information content (AvgIpc) is 2.31. The van der Waals surface area contributed by atoms with Crippen LogP contribution in [0.5, 0.6) is 0 Å². The lowest BCUT2D eigenvalue weighted by molar-refractivity contribution is -0.139. The van der Waals surface area contributed by atoms with E-state index in [1.54, 1.807) is 0 Å². The van der Waals surface area contributed by atoms with Crippen LogP contribution in [0.4, 0.5) is 17.6 Å². The number of benzene rings is 1. The molecule has 0 radical (unpaired) electrons. The number of alkyl halides is 3. The van der Waals surface area contributed by atoms with E-state index in [-0.39, 0.29) is 25.4 Å². The van der Waals surface area contributed by atoms with Gasteiger partial charge in [-0.2, -0.15) is 13.2 Å². The maximum Gasteiger partial charge on any atom is 0.416 e. The summed E-state index contributed by atoms with van der Waals surface area (Å²) in [5.41, 5.74) is -1.76. The van der Waals surface area contributed by atoms with Gasteiger partial charge in [-0.15, -0.1) is 0 Å². The minimum Gasteiger partial charge on any atom is -0.481 e. The number of likely N-dealkylation sites (tertiary alicyclic amines) is 1. The second-order valence-corrected chi connectivity index (χ2v) is 4.87. The van der Waals surface area contributed by atoms with Crippen LogP contribution in [0.2, 0.25) is 0 Å². The number of carboxylic acid groups (broad SMARTS) is 1. The lowest BCUT2D eigenvalue weighted by Crippen LogP contribution is -2.50. The molecule has 0 bridgehead atoms. The first-order valence-corrected chi connectivity index (χ1v) is 6.06. The third-order valence-electron chi connectivity index (χ3n) is 3.23. The Morgan fingerprint density at radius 1 is 1.29 bits per heavy atom. The Hall–Kier alpha value is -2.12. The molecular formula is C13H11F4NO3. The maximum atomic E-state index is 13.5. The first kappa shape index (κ1) is 15.3. The average molecular weight is 305 g/mol. The third-order valence-corrected chi connectivity index (χ3v) is 3.23. The van der Waals surface area contributed by atoms with Gasteiger partial charge in [0.05, 0.1) is 17.5 Å². The van der Waals surface area contributed by atoms with Crippen molar-refractivity contribution in [3.05, 3.63) is 35.1 Å². The Morgan fingerprint density at radius 3 is 2.43 bits per heavy atom. The summed E-state index contributed by atoms with van der Waals surface area (Å²) >= 11 is 0. The second kappa shape index (κ2) is 5.34. The maximum absolute atomic E-state index is 13.5. The first-order chi connectivity index (χ1) is 9.68. The van der Waals surface area contributed by atoms with Crippen LogP contribution < -0.4 is 0 Å². The Balaban J connectivity index is 2.12. The van der Waals surface area contributed by atoms with E-state index in [1.807, 2.05) is 0 Å². The molecule has 4 nitrogen and oxygen atoms in total. The number of rotatable bonds is 3. The highest BCUT2D eigenvalue weighted by Gasteiger charge is 2.36. The zero-order valence-corrected chi connectivity index (χ0v) is 10.7. The lowest BCUT2D eigenvalue weighted by Gasteiger charge is -2.38. The number of amides is 1. The summed E-state index contributed by atoms with van der Waals surface area (Å²) in [6, 6.07) is 1.64. The van der Waals surface area contributed by atoms with Crippen molar-refractivity contribution in [1.82, 2.24) is 4.90 Å². The fourth-order valence-electron chi connectivity index (χ4n) is 2.15. The third kappa shape index (κ3) is 3.32. The van der Waals surface area contributed by atoms with Crippen molar-refractivity contribution in [3.63, 3.8) is 0 Å². The van der Waals surface area contributed by atoms with Gasteiger partial charge in [0.25, 0.3) is 5.91 Å². The standard InChI is InChI=1S/C13H11F4NO3/c14-10-2-1-8(13(15,16)17)4-9(10)12(21)18-5-7(6-18)3-11(19)20/h1-2,4,7H,3,5-6H2,(H,19,20). The first-order valence-electron chi connectivity index (χ1n) is 6.06. The highest BCUT2D eigenvalue weighted by Crippen LogP contribution is 2.31. The van der Waals surface area contributed by atoms with E-state index in [1.165, 1.54) is 0 Å². The van der Waals surface area contributed by atoms with E-state index in [2.05, 4.69) is 0 Å². The number of carbonyl (C=O) groups is 2. The molecule has 8 heteroatoms. The Morgan fingerprint density at radius 2 is 1.90 bits per heavy atom. The van der Waals surface area contributed by atoms with Gasteiger partial charge in [0, 0.05) is 19.0 Å². The fourth-order valence-corrected chi connectivity index (χ4v) is 2.15. The molecule has 114 valence electrons. The van der Waals surface area contributed by atoms with E-state index in [9.17, 15) is 27.2 Å². The Bertz CT molecular complexity index is 579. The molecular weight excluding hydrogens is 294 g/mol. The lowest BCUT2D eigenvalue weighted by atomic mass is 9.95. The highest BCUT2D eigenvalue weighted by molar-refractivity contribution is 5.95. The van der Waals surface area contributed by atoms with E-state index in [0.717, 1.165) is 4.90 Å². The van der Waals surface area contributed by atoms with Gasteiger partial charge in [-0.1, -0.05) is 0 Å². The molecule has 1 fully saturated rings. The van der Waals surface area contributed by atoms with E-state index in [4.69, 9.17) is 5.11 Å². The minimum absolute atomic E-state index is 0.0980. The van der Waals surface area contributed by atoms with Crippen molar-refractivity contribution >= 4 is 11.9 Å². The largest absolute Gasteiger partial charge is 0.481 e. The number of hydrogen-bond donors (Lipinski definition) is 1. The summed E-state index contributed by atoms with van der Waals surface area (Å²) < 4.78 is 51.2. The van der Waals surface area contributed by atoms with Gasteiger partial charge < -0.3 is 10.0 Å². The van der Waals surface area contributed by atoms with Crippen molar-refractivity contribution in [2.45, 2.75) is 12.6 Å². The summed E-state index contributed by atoms with van der Waals surface area (Å²) in [7, 11) is 0. The van der Waals surface area contributed by atoms with Crippen LogP contribution in [0.1, 0.15) is 22.3 Å². The molecule has 1 aliphatic rings. The summed E-state index contributed by atoms with van der Waals surface area (Å²) in [5, 5.41) is 8.57. The highest BCUT2D eigenvalue weighted by atomic mass is 19.4. The van der Waals surface area contributed by atoms with Gasteiger partial charge in [0.15, 0.2) is 0 Å². The SMILES string of the molecule is O=C(O)CC1CN(C(=O)c2cc(C(F)(F)F)ccc2F)C1. The predicted octanol–water partition coefficient (Wildman–Crippen LogP) is 2.39. The van der Waals surface area contributed by atoms with E-state index >= 15 is 0 Å². The van der Waals surface area contributed by atoms with Gasteiger partial charge in [-0.05, 0) is 18.2 Å². The van der Waals surface area contributed by atoms with Gasteiger partial charge in [-0.3, -0.25) is 9.59 Å². The zero-order valence-electron chi connectivity index (χ0n) is 10.7. The normalized spacial score (nSPS) is 15.7. The molecule has 0 atom stereocenters. The van der Waals surface area contributed by atoms with Crippen LogP contribution in [-0.4, -0.2) is 35.0 Å². The monoisotopic (exact) mass is 305 g/mol. The minimum atomic E-state index is -4.66. The molecule has 1 aromatic rings. The Labute approximate surface area is 117 Å². The van der Waals surface area contributed by atoms with Crippen LogP contribution in [0.15, 0.2) is 18.2 Å². The van der Waals surface area contributed by atoms with Crippen molar-refractivity contribution in [2.75, 3.05) is 13.1 Å². The molecule has 1 amide bonds. The number of nitrogens with zero attached hydrogens (tertiary/aromatic N) is 1. The zero-order chi connectivity index (χ0) is 15.8. The van der Waals surface area contributed by atoms with Gasteiger partial charge in [-0.25, -0.2) is 4.39 Å². The molecule has 2 rings (SSSR count). The molecule has 1 aromatic carbocycles. The molecule has 0 aliphatic carbocycles. The smallest absolute Gasteiger partial charge is 0.416 e. The molecule has 1 heterocycles. The van der Waals surface area contributed by atoms with Crippen molar-refractivity contribution in [1.29, 1.82) is 0 Å². The molecule has 0 aromatic heterocycles. The van der Waals surface area contributed by atoms with E-state index in [0.29, 0.717) is 18.2 Å². The van der Waals surface area contributed by atoms with Crippen molar-refractivity contribution < 1.29 is 32.3 Å². The number of halogens is 4. The summed E-state index contributed by atoms with van der Waals surface area (Å²) in [4.78, 5) is 23.5. The summed E-state index contributed by atoms with van der Waals surface area (Å²) in [6.07, 6.45) is -4.79. The van der Waals surface area contributed by atoms with Crippen molar-refractivity contribution in [3.8, 4) is 0 Å². The molecule has 0 saturated carbocycles. The number of aliphatic carboxylic acids is 1. The molecule has 1 aliphatic heterocycles. The van der Waals surface area contributed by atoms with Gasteiger partial charge in [0.2, 0.25) is 0 Å². The molecule has 0 unspecified atom stereocenters. The topological polar surface area (TPSA) is 57.6 Å². The number of carboxylic acids is 1. The van der Waals surface area contributed by atoms with Crippen LogP contribution in [0, 0.1) is 11.7 Å². The molecule has 1 saturated heterocycles. The summed E-state index contributed by atoms with van der Waals surface area (Å²) in [5.74, 6) is -3.16. The van der Waals surface area contributed by atoms with E-state index < -0.39 is 35.0 Å². The van der Waals surface area contributed by atoms with Crippen LogP contribution in [0.25, 0.3) is 0 Å². The number of hydrogen-bond acceptors (Lipinski definition) is 2. The van der Waals surface area contributed by atoms with Crippen LogP contribution in [0.3, 0.4) is 0 Å². The molecule has 1 N–H and O–H groups in total. The quantitative estimate of drug-likeness (QED) is 0.872. The molecule has 21 heavy (non-hydrogen) atoms. The van der Waals surface area contributed by atoms with Gasteiger partial charge >= 0.3 is 12.1 Å². The van der Waals surface area contributed by atoms with Crippen molar-refractivity contribution in [2.24, 2.45) is 5.92 Å². The predicted molar refractivity (Wildman–Crippen MR) is 63.0 cm³/mol. The molecule has 0 spiro atoms. The van der Waals surface area contributed by atoms with Crippen LogP contribution in [-0.2, 0) is 11.0 Å². The Kier molecular flexibility index (Phi) is 3.89. The summed E-state index contributed by atoms with van der Waals surface area (Å²) in [6.45, 7) is 0.196. The van der Waals surface area contributed by atoms with Crippen LogP contribution >= 0.6 is 0 Å².